The molecule has 0 bridgehead atoms. The van der Waals surface area contributed by atoms with Crippen LogP contribution in [0.5, 0.6) is 0 Å². The second-order valence-electron chi connectivity index (χ2n) is 7.53. The first-order valence-corrected chi connectivity index (χ1v) is 9.36. The SMILES string of the molecule is CN(C(=O)c1ccc(C(C)(C)C)cc1)[C@]1(C)CCS(=O)(=O)C1. The molecule has 1 aliphatic rings. The molecule has 1 aliphatic heterocycles. The molecule has 122 valence electrons. The first-order chi connectivity index (χ1) is 9.95. The highest BCUT2D eigenvalue weighted by molar-refractivity contribution is 7.91. The van der Waals surface area contributed by atoms with E-state index < -0.39 is 15.4 Å². The lowest BCUT2D eigenvalue weighted by molar-refractivity contribution is 0.0638. The van der Waals surface area contributed by atoms with Crippen molar-refractivity contribution in [1.82, 2.24) is 4.90 Å². The van der Waals surface area contributed by atoms with Crippen molar-refractivity contribution in [2.24, 2.45) is 0 Å². The number of carbonyl (C=O) groups excluding carboxylic acids is 1. The van der Waals surface area contributed by atoms with Crippen LogP contribution in [0.4, 0.5) is 0 Å². The van der Waals surface area contributed by atoms with Gasteiger partial charge in [0.15, 0.2) is 9.84 Å². The Bertz CT molecular complexity index is 671. The highest BCUT2D eigenvalue weighted by atomic mass is 32.2. The third-order valence-electron chi connectivity index (χ3n) is 4.59. The molecule has 1 saturated heterocycles. The summed E-state index contributed by atoms with van der Waals surface area (Å²) in [7, 11) is -1.34. The zero-order valence-electron chi connectivity index (χ0n) is 14.0. The predicted molar refractivity (Wildman–Crippen MR) is 88.9 cm³/mol. The van der Waals surface area contributed by atoms with Crippen molar-refractivity contribution in [3.8, 4) is 0 Å². The molecule has 1 fully saturated rings. The van der Waals surface area contributed by atoms with Gasteiger partial charge in [-0.2, -0.15) is 0 Å². The van der Waals surface area contributed by atoms with E-state index in [1.54, 1.807) is 11.9 Å². The molecule has 22 heavy (non-hydrogen) atoms. The standard InChI is InChI=1S/C17H25NO3S/c1-16(2,3)14-8-6-13(7-9-14)15(19)18(5)17(4)10-11-22(20,21)12-17/h6-9H,10-12H2,1-5H3/t17-/m1/s1. The second kappa shape index (κ2) is 5.37. The van der Waals surface area contributed by atoms with Gasteiger partial charge in [-0.3, -0.25) is 4.79 Å². The van der Waals surface area contributed by atoms with Gasteiger partial charge in [-0.15, -0.1) is 0 Å². The van der Waals surface area contributed by atoms with E-state index in [0.29, 0.717) is 12.0 Å². The van der Waals surface area contributed by atoms with Crippen molar-refractivity contribution in [2.45, 2.75) is 45.1 Å². The van der Waals surface area contributed by atoms with E-state index in [1.165, 1.54) is 5.56 Å². The van der Waals surface area contributed by atoms with Crippen LogP contribution in [0.2, 0.25) is 0 Å². The van der Waals surface area contributed by atoms with Crippen molar-refractivity contribution in [1.29, 1.82) is 0 Å². The van der Waals surface area contributed by atoms with Crippen LogP contribution >= 0.6 is 0 Å². The number of rotatable bonds is 2. The Hall–Kier alpha value is -1.36. The molecule has 0 aliphatic carbocycles. The molecular formula is C17H25NO3S. The van der Waals surface area contributed by atoms with Gasteiger partial charge in [0.25, 0.3) is 5.91 Å². The summed E-state index contributed by atoms with van der Waals surface area (Å²) in [6.07, 6.45) is 0.498. The Labute approximate surface area is 133 Å². The lowest BCUT2D eigenvalue weighted by Gasteiger charge is -2.34. The second-order valence-corrected chi connectivity index (χ2v) is 9.71. The van der Waals surface area contributed by atoms with E-state index in [0.717, 1.165) is 0 Å². The minimum atomic E-state index is -3.03. The molecule has 2 rings (SSSR count). The van der Waals surface area contributed by atoms with E-state index in [4.69, 9.17) is 0 Å². The maximum absolute atomic E-state index is 12.6. The molecule has 1 amide bonds. The third kappa shape index (κ3) is 3.35. The van der Waals surface area contributed by atoms with Crippen LogP contribution in [0.15, 0.2) is 24.3 Å². The fourth-order valence-corrected chi connectivity index (χ4v) is 4.99. The molecule has 4 nitrogen and oxygen atoms in total. The topological polar surface area (TPSA) is 54.5 Å². The van der Waals surface area contributed by atoms with E-state index in [2.05, 4.69) is 20.8 Å². The number of nitrogens with zero attached hydrogens (tertiary/aromatic N) is 1. The zero-order chi connectivity index (χ0) is 16.8. The summed E-state index contributed by atoms with van der Waals surface area (Å²) in [6, 6.07) is 7.59. The number of hydrogen-bond donors (Lipinski definition) is 0. The highest BCUT2D eigenvalue weighted by Crippen LogP contribution is 2.30. The van der Waals surface area contributed by atoms with Gasteiger partial charge in [0.05, 0.1) is 17.0 Å². The Morgan fingerprint density at radius 3 is 2.14 bits per heavy atom. The number of benzene rings is 1. The van der Waals surface area contributed by atoms with Gasteiger partial charge in [-0.05, 0) is 36.5 Å². The van der Waals surface area contributed by atoms with Crippen molar-refractivity contribution in [3.63, 3.8) is 0 Å². The molecule has 0 aromatic heterocycles. The molecule has 0 spiro atoms. The van der Waals surface area contributed by atoms with Crippen LogP contribution in [0.1, 0.15) is 50.0 Å². The summed E-state index contributed by atoms with van der Waals surface area (Å²) in [5.41, 5.74) is 1.19. The molecule has 1 atom stereocenters. The van der Waals surface area contributed by atoms with Gasteiger partial charge in [0.2, 0.25) is 0 Å². The molecule has 0 N–H and O–H groups in total. The van der Waals surface area contributed by atoms with Gasteiger partial charge in [0.1, 0.15) is 0 Å². The summed E-state index contributed by atoms with van der Waals surface area (Å²) in [5.74, 6) is 0.0758. The summed E-state index contributed by atoms with van der Waals surface area (Å²) in [5, 5.41) is 0. The first kappa shape index (κ1) is 17.0. The van der Waals surface area contributed by atoms with Gasteiger partial charge in [-0.25, -0.2) is 8.42 Å². The number of hydrogen-bond acceptors (Lipinski definition) is 3. The van der Waals surface area contributed by atoms with Crippen molar-refractivity contribution in [3.05, 3.63) is 35.4 Å². The van der Waals surface area contributed by atoms with E-state index in [-0.39, 0.29) is 22.8 Å². The molecule has 1 heterocycles. The summed E-state index contributed by atoms with van der Waals surface area (Å²) >= 11 is 0. The summed E-state index contributed by atoms with van der Waals surface area (Å²) in [6.45, 7) is 8.22. The van der Waals surface area contributed by atoms with Crippen LogP contribution < -0.4 is 0 Å². The minimum Gasteiger partial charge on any atom is -0.335 e. The highest BCUT2D eigenvalue weighted by Gasteiger charge is 2.43. The Morgan fingerprint density at radius 2 is 1.73 bits per heavy atom. The van der Waals surface area contributed by atoms with Gasteiger partial charge in [-0.1, -0.05) is 32.9 Å². The average Bonchev–Trinajstić information content (AvgIpc) is 2.71. The lowest BCUT2D eigenvalue weighted by Crippen LogP contribution is -2.48. The summed E-state index contributed by atoms with van der Waals surface area (Å²) in [4.78, 5) is 14.2. The Balaban J connectivity index is 2.21. The molecule has 5 heteroatoms. The third-order valence-corrected chi connectivity index (χ3v) is 6.48. The molecular weight excluding hydrogens is 298 g/mol. The average molecular weight is 323 g/mol. The molecule has 0 radical (unpaired) electrons. The quantitative estimate of drug-likeness (QED) is 0.841. The van der Waals surface area contributed by atoms with E-state index >= 15 is 0 Å². The molecule has 0 saturated carbocycles. The summed E-state index contributed by atoms with van der Waals surface area (Å²) < 4.78 is 23.5. The maximum Gasteiger partial charge on any atom is 0.254 e. The van der Waals surface area contributed by atoms with Crippen LogP contribution in [0.3, 0.4) is 0 Å². The Morgan fingerprint density at radius 1 is 1.18 bits per heavy atom. The smallest absolute Gasteiger partial charge is 0.254 e. The number of carbonyl (C=O) groups is 1. The van der Waals surface area contributed by atoms with E-state index in [1.807, 2.05) is 31.2 Å². The maximum atomic E-state index is 12.6. The molecule has 1 aromatic carbocycles. The predicted octanol–water partition coefficient (Wildman–Crippen LogP) is 2.63. The van der Waals surface area contributed by atoms with Crippen molar-refractivity contribution < 1.29 is 13.2 Å². The van der Waals surface area contributed by atoms with Crippen LogP contribution in [0.25, 0.3) is 0 Å². The van der Waals surface area contributed by atoms with Crippen molar-refractivity contribution in [2.75, 3.05) is 18.6 Å². The Kier molecular flexibility index (Phi) is 4.15. The molecule has 0 unspecified atom stereocenters. The number of sulfone groups is 1. The lowest BCUT2D eigenvalue weighted by atomic mass is 9.86. The van der Waals surface area contributed by atoms with Crippen LogP contribution in [-0.4, -0.2) is 43.3 Å². The largest absolute Gasteiger partial charge is 0.335 e. The van der Waals surface area contributed by atoms with Gasteiger partial charge < -0.3 is 4.90 Å². The van der Waals surface area contributed by atoms with Crippen LogP contribution in [-0.2, 0) is 15.3 Å². The fourth-order valence-electron chi connectivity index (χ4n) is 2.81. The normalized spacial score (nSPS) is 24.2. The zero-order valence-corrected chi connectivity index (χ0v) is 14.8. The van der Waals surface area contributed by atoms with Gasteiger partial charge >= 0.3 is 0 Å². The fraction of sp³-hybridized carbons (Fsp3) is 0.588. The minimum absolute atomic E-state index is 0.0407. The van der Waals surface area contributed by atoms with Gasteiger partial charge in [0, 0.05) is 12.6 Å². The van der Waals surface area contributed by atoms with Crippen molar-refractivity contribution >= 4 is 15.7 Å². The number of amides is 1. The molecule has 1 aromatic rings. The monoisotopic (exact) mass is 323 g/mol. The van der Waals surface area contributed by atoms with E-state index in [9.17, 15) is 13.2 Å². The van der Waals surface area contributed by atoms with Crippen LogP contribution in [0, 0.1) is 0 Å². The first-order valence-electron chi connectivity index (χ1n) is 7.54.